The molecule has 1 aromatic carbocycles. The number of halogens is 1. The van der Waals surface area contributed by atoms with Crippen LogP contribution in [0.5, 0.6) is 0 Å². The maximum Gasteiger partial charge on any atom is 0.241 e. The highest BCUT2D eigenvalue weighted by atomic mass is 19.1. The molecule has 1 amide bonds. The van der Waals surface area contributed by atoms with Crippen LogP contribution >= 0.6 is 0 Å². The highest BCUT2D eigenvalue weighted by Crippen LogP contribution is 2.16. The van der Waals surface area contributed by atoms with Crippen LogP contribution in [0.15, 0.2) is 18.2 Å². The van der Waals surface area contributed by atoms with Crippen molar-refractivity contribution >= 4 is 11.6 Å². The quantitative estimate of drug-likeness (QED) is 0.828. The second-order valence-electron chi connectivity index (χ2n) is 4.20. The molecule has 1 rings (SSSR count). The number of unbranched alkanes of at least 4 members (excludes halogenated alkanes) is 1. The van der Waals surface area contributed by atoms with Gasteiger partial charge < -0.3 is 11.1 Å². The third-order valence-electron chi connectivity index (χ3n) is 2.65. The molecule has 0 aliphatic heterocycles. The van der Waals surface area contributed by atoms with Gasteiger partial charge in [0.05, 0.1) is 6.04 Å². The Labute approximate surface area is 101 Å². The molecule has 1 aromatic rings. The maximum atomic E-state index is 12.9. The highest BCUT2D eigenvalue weighted by molar-refractivity contribution is 5.95. The Bertz CT molecular complexity index is 393. The van der Waals surface area contributed by atoms with E-state index in [0.29, 0.717) is 17.7 Å². The van der Waals surface area contributed by atoms with Gasteiger partial charge in [-0.25, -0.2) is 4.39 Å². The molecule has 0 aromatic heterocycles. The van der Waals surface area contributed by atoms with E-state index in [-0.39, 0.29) is 11.7 Å². The number of anilines is 1. The van der Waals surface area contributed by atoms with Crippen molar-refractivity contribution in [1.82, 2.24) is 0 Å². The Morgan fingerprint density at radius 2 is 2.24 bits per heavy atom. The topological polar surface area (TPSA) is 55.1 Å². The van der Waals surface area contributed by atoms with Gasteiger partial charge in [-0.05, 0) is 37.1 Å². The number of amides is 1. The van der Waals surface area contributed by atoms with Crippen LogP contribution in [0, 0.1) is 12.7 Å². The third-order valence-corrected chi connectivity index (χ3v) is 2.65. The lowest BCUT2D eigenvalue weighted by Crippen LogP contribution is -2.35. The molecule has 0 bridgehead atoms. The SMILES string of the molecule is CCCC[C@H](N)C(=O)Nc1ccc(F)cc1C. The maximum absolute atomic E-state index is 12.9. The van der Waals surface area contributed by atoms with Crippen molar-refractivity contribution < 1.29 is 9.18 Å². The summed E-state index contributed by atoms with van der Waals surface area (Å²) in [5, 5.41) is 2.72. The van der Waals surface area contributed by atoms with Crippen molar-refractivity contribution in [2.45, 2.75) is 39.2 Å². The van der Waals surface area contributed by atoms with Crippen molar-refractivity contribution in [2.24, 2.45) is 5.73 Å². The van der Waals surface area contributed by atoms with Gasteiger partial charge in [0.15, 0.2) is 0 Å². The van der Waals surface area contributed by atoms with E-state index < -0.39 is 6.04 Å². The van der Waals surface area contributed by atoms with Crippen molar-refractivity contribution in [2.75, 3.05) is 5.32 Å². The first-order chi connectivity index (χ1) is 8.04. The lowest BCUT2D eigenvalue weighted by atomic mass is 10.1. The molecular formula is C13H19FN2O. The zero-order chi connectivity index (χ0) is 12.8. The number of nitrogens with one attached hydrogen (secondary N) is 1. The predicted molar refractivity (Wildman–Crippen MR) is 67.3 cm³/mol. The van der Waals surface area contributed by atoms with Crippen LogP contribution in [0.4, 0.5) is 10.1 Å². The molecular weight excluding hydrogens is 219 g/mol. The highest BCUT2D eigenvalue weighted by Gasteiger charge is 2.13. The number of aryl methyl sites for hydroxylation is 1. The van der Waals surface area contributed by atoms with Gasteiger partial charge in [-0.1, -0.05) is 19.8 Å². The molecule has 0 heterocycles. The Balaban J connectivity index is 2.61. The summed E-state index contributed by atoms with van der Waals surface area (Å²) in [5.41, 5.74) is 7.05. The minimum Gasteiger partial charge on any atom is -0.324 e. The fourth-order valence-corrected chi connectivity index (χ4v) is 1.55. The van der Waals surface area contributed by atoms with Crippen LogP contribution in [-0.4, -0.2) is 11.9 Å². The predicted octanol–water partition coefficient (Wildman–Crippen LogP) is 2.59. The summed E-state index contributed by atoms with van der Waals surface area (Å²) >= 11 is 0. The van der Waals surface area contributed by atoms with Crippen molar-refractivity contribution in [3.8, 4) is 0 Å². The molecule has 0 unspecified atom stereocenters. The summed E-state index contributed by atoms with van der Waals surface area (Å²) in [5.74, 6) is -0.524. The Morgan fingerprint density at radius 3 is 2.82 bits per heavy atom. The number of benzene rings is 1. The molecule has 0 radical (unpaired) electrons. The largest absolute Gasteiger partial charge is 0.324 e. The van der Waals surface area contributed by atoms with E-state index in [1.165, 1.54) is 12.1 Å². The van der Waals surface area contributed by atoms with Crippen LogP contribution in [0.1, 0.15) is 31.7 Å². The minimum atomic E-state index is -0.501. The van der Waals surface area contributed by atoms with E-state index in [1.807, 2.05) is 0 Å². The number of hydrogen-bond donors (Lipinski definition) is 2. The molecule has 0 saturated carbocycles. The normalized spacial score (nSPS) is 12.2. The van der Waals surface area contributed by atoms with Crippen molar-refractivity contribution in [3.05, 3.63) is 29.6 Å². The fourth-order valence-electron chi connectivity index (χ4n) is 1.55. The van der Waals surface area contributed by atoms with Crippen LogP contribution in [0.25, 0.3) is 0 Å². The van der Waals surface area contributed by atoms with Crippen molar-refractivity contribution in [3.63, 3.8) is 0 Å². The van der Waals surface area contributed by atoms with E-state index in [1.54, 1.807) is 13.0 Å². The van der Waals surface area contributed by atoms with Crippen LogP contribution in [0.3, 0.4) is 0 Å². The van der Waals surface area contributed by atoms with Gasteiger partial charge >= 0.3 is 0 Å². The number of rotatable bonds is 5. The van der Waals surface area contributed by atoms with Crippen molar-refractivity contribution in [1.29, 1.82) is 0 Å². The molecule has 0 aliphatic carbocycles. The van der Waals surface area contributed by atoms with Crippen LogP contribution < -0.4 is 11.1 Å². The van der Waals surface area contributed by atoms with E-state index >= 15 is 0 Å². The minimum absolute atomic E-state index is 0.215. The molecule has 0 saturated heterocycles. The van der Waals surface area contributed by atoms with Gasteiger partial charge in [-0.15, -0.1) is 0 Å². The Hall–Kier alpha value is -1.42. The zero-order valence-corrected chi connectivity index (χ0v) is 10.3. The molecule has 0 aliphatic rings. The summed E-state index contributed by atoms with van der Waals surface area (Å²) in [6, 6.07) is 3.75. The van der Waals surface area contributed by atoms with Gasteiger partial charge in [0.25, 0.3) is 0 Å². The van der Waals surface area contributed by atoms with E-state index in [0.717, 1.165) is 12.8 Å². The Kier molecular flexibility index (Phi) is 5.10. The summed E-state index contributed by atoms with van der Waals surface area (Å²) in [7, 11) is 0. The summed E-state index contributed by atoms with van der Waals surface area (Å²) in [6.07, 6.45) is 2.61. The fraction of sp³-hybridized carbons (Fsp3) is 0.462. The van der Waals surface area contributed by atoms with Gasteiger partial charge in [0.2, 0.25) is 5.91 Å². The molecule has 0 fully saturated rings. The second kappa shape index (κ2) is 6.35. The number of hydrogen-bond acceptors (Lipinski definition) is 2. The average Bonchev–Trinajstić information content (AvgIpc) is 2.29. The number of carbonyl (C=O) groups excluding carboxylic acids is 1. The lowest BCUT2D eigenvalue weighted by molar-refractivity contribution is -0.117. The van der Waals surface area contributed by atoms with E-state index in [9.17, 15) is 9.18 Å². The zero-order valence-electron chi connectivity index (χ0n) is 10.3. The standard InChI is InChI=1S/C13H19FN2O/c1-3-4-5-11(15)13(17)16-12-7-6-10(14)8-9(12)2/h6-8,11H,3-5,15H2,1-2H3,(H,16,17)/t11-/m0/s1. The summed E-state index contributed by atoms with van der Waals surface area (Å²) in [4.78, 5) is 11.7. The molecule has 3 N–H and O–H groups in total. The molecule has 17 heavy (non-hydrogen) atoms. The smallest absolute Gasteiger partial charge is 0.241 e. The van der Waals surface area contributed by atoms with E-state index in [4.69, 9.17) is 5.73 Å². The first kappa shape index (κ1) is 13.6. The van der Waals surface area contributed by atoms with Gasteiger partial charge in [0.1, 0.15) is 5.82 Å². The van der Waals surface area contributed by atoms with Gasteiger partial charge in [0, 0.05) is 5.69 Å². The number of carbonyl (C=O) groups is 1. The summed E-state index contributed by atoms with van der Waals surface area (Å²) in [6.45, 7) is 3.80. The number of nitrogens with two attached hydrogens (primary N) is 1. The van der Waals surface area contributed by atoms with Gasteiger partial charge in [-0.3, -0.25) is 4.79 Å². The third kappa shape index (κ3) is 4.15. The molecule has 0 spiro atoms. The molecule has 94 valence electrons. The monoisotopic (exact) mass is 238 g/mol. The van der Waals surface area contributed by atoms with Gasteiger partial charge in [-0.2, -0.15) is 0 Å². The second-order valence-corrected chi connectivity index (χ2v) is 4.20. The summed E-state index contributed by atoms with van der Waals surface area (Å²) < 4.78 is 12.9. The van der Waals surface area contributed by atoms with E-state index in [2.05, 4.69) is 12.2 Å². The first-order valence-electron chi connectivity index (χ1n) is 5.87. The molecule has 1 atom stereocenters. The van der Waals surface area contributed by atoms with Crippen LogP contribution in [0.2, 0.25) is 0 Å². The molecule has 4 heteroatoms. The first-order valence-corrected chi connectivity index (χ1v) is 5.87. The van der Waals surface area contributed by atoms with Crippen LogP contribution in [-0.2, 0) is 4.79 Å². The molecule has 3 nitrogen and oxygen atoms in total. The lowest BCUT2D eigenvalue weighted by Gasteiger charge is -2.13. The average molecular weight is 238 g/mol. The Morgan fingerprint density at radius 1 is 1.53 bits per heavy atom.